The van der Waals surface area contributed by atoms with Crippen LogP contribution in [0.25, 0.3) is 0 Å². The third-order valence-electron chi connectivity index (χ3n) is 7.73. The minimum Gasteiger partial charge on any atom is -0.448 e. The lowest BCUT2D eigenvalue weighted by molar-refractivity contribution is -0.173. The van der Waals surface area contributed by atoms with Crippen molar-refractivity contribution in [1.29, 1.82) is 0 Å². The molecular weight excluding hydrogens is 310 g/mol. The van der Waals surface area contributed by atoms with E-state index in [-0.39, 0.29) is 35.9 Å². The van der Waals surface area contributed by atoms with Crippen molar-refractivity contribution in [2.75, 3.05) is 0 Å². The SMILES string of the molecule is CC1(C)[C@@]2(C)CC[C@]1(C(=O)N1C(=O)O[C@H]3[C@@H]1[C@H]1C=C[C@@H]3C1)OC2=O. The molecule has 0 spiro atoms. The highest BCUT2D eigenvalue weighted by Gasteiger charge is 2.77. The number of ether oxygens (including phenoxy) is 2. The Morgan fingerprint density at radius 1 is 1.17 bits per heavy atom. The molecule has 2 saturated heterocycles. The summed E-state index contributed by atoms with van der Waals surface area (Å²) in [6.07, 6.45) is 5.31. The van der Waals surface area contributed by atoms with Crippen LogP contribution < -0.4 is 0 Å². The quantitative estimate of drug-likeness (QED) is 0.543. The number of fused-ring (bicyclic) bond motifs is 7. The van der Waals surface area contributed by atoms with E-state index < -0.39 is 22.5 Å². The number of nitrogens with zero attached hydrogens (tertiary/aromatic N) is 1. The van der Waals surface area contributed by atoms with Gasteiger partial charge in [-0.15, -0.1) is 0 Å². The molecule has 2 saturated carbocycles. The molecule has 128 valence electrons. The van der Waals surface area contributed by atoms with E-state index in [9.17, 15) is 14.4 Å². The summed E-state index contributed by atoms with van der Waals surface area (Å²) in [5, 5.41) is 0. The summed E-state index contributed by atoms with van der Waals surface area (Å²) in [5.41, 5.74) is -2.58. The Morgan fingerprint density at radius 3 is 2.50 bits per heavy atom. The van der Waals surface area contributed by atoms with Crippen molar-refractivity contribution < 1.29 is 23.9 Å². The summed E-state index contributed by atoms with van der Waals surface area (Å²) in [4.78, 5) is 39.6. The third kappa shape index (κ3) is 1.24. The first-order valence-electron chi connectivity index (χ1n) is 8.69. The van der Waals surface area contributed by atoms with Gasteiger partial charge in [-0.1, -0.05) is 26.0 Å². The highest BCUT2D eigenvalue weighted by molar-refractivity contribution is 6.03. The van der Waals surface area contributed by atoms with Crippen LogP contribution in [0.15, 0.2) is 12.2 Å². The predicted molar refractivity (Wildman–Crippen MR) is 81.6 cm³/mol. The zero-order chi connectivity index (χ0) is 17.1. The van der Waals surface area contributed by atoms with E-state index in [0.29, 0.717) is 12.8 Å². The minimum atomic E-state index is -1.25. The van der Waals surface area contributed by atoms with Gasteiger partial charge in [-0.25, -0.2) is 9.69 Å². The fourth-order valence-electron chi connectivity index (χ4n) is 5.68. The molecule has 4 bridgehead atoms. The molecule has 6 nitrogen and oxygen atoms in total. The Morgan fingerprint density at radius 2 is 1.88 bits per heavy atom. The van der Waals surface area contributed by atoms with Gasteiger partial charge in [0, 0.05) is 17.3 Å². The molecule has 3 aliphatic carbocycles. The number of hydrogen-bond donors (Lipinski definition) is 0. The summed E-state index contributed by atoms with van der Waals surface area (Å²) in [6, 6.07) is -0.253. The van der Waals surface area contributed by atoms with E-state index in [4.69, 9.17) is 9.47 Å². The van der Waals surface area contributed by atoms with Crippen molar-refractivity contribution >= 4 is 18.0 Å². The molecule has 0 aromatic heterocycles. The first kappa shape index (κ1) is 14.5. The maximum Gasteiger partial charge on any atom is 0.417 e. The van der Waals surface area contributed by atoms with Gasteiger partial charge in [0.15, 0.2) is 5.60 Å². The van der Waals surface area contributed by atoms with Crippen molar-refractivity contribution in [3.63, 3.8) is 0 Å². The van der Waals surface area contributed by atoms with Crippen LogP contribution in [0.1, 0.15) is 40.0 Å². The van der Waals surface area contributed by atoms with Crippen LogP contribution in [0, 0.1) is 22.7 Å². The first-order chi connectivity index (χ1) is 11.2. The molecule has 0 unspecified atom stereocenters. The van der Waals surface area contributed by atoms with Gasteiger partial charge in [-0.05, 0) is 26.2 Å². The molecule has 2 heterocycles. The van der Waals surface area contributed by atoms with Crippen molar-refractivity contribution in [2.45, 2.75) is 57.8 Å². The van der Waals surface area contributed by atoms with Crippen LogP contribution in [0.5, 0.6) is 0 Å². The summed E-state index contributed by atoms with van der Waals surface area (Å²) < 4.78 is 11.2. The van der Waals surface area contributed by atoms with Crippen LogP contribution in [0.3, 0.4) is 0 Å². The number of carbonyl (C=O) groups is 3. The Labute approximate surface area is 140 Å². The molecular formula is C18H21NO5. The highest BCUT2D eigenvalue weighted by atomic mass is 16.6. The summed E-state index contributed by atoms with van der Waals surface area (Å²) in [5.74, 6) is -0.364. The molecule has 24 heavy (non-hydrogen) atoms. The lowest BCUT2D eigenvalue weighted by atomic mass is 9.66. The van der Waals surface area contributed by atoms with Gasteiger partial charge in [-0.2, -0.15) is 0 Å². The largest absolute Gasteiger partial charge is 0.448 e. The van der Waals surface area contributed by atoms with E-state index >= 15 is 0 Å². The summed E-state index contributed by atoms with van der Waals surface area (Å²) in [7, 11) is 0. The molecule has 0 N–H and O–H groups in total. The number of amides is 2. The van der Waals surface area contributed by atoms with E-state index in [1.807, 2.05) is 20.8 Å². The standard InChI is InChI=1S/C18H21NO5/c1-16(2)17(3)6-7-18(16,24-14(17)21)13(20)19-11-9-4-5-10(8-9)12(11)23-15(19)22/h4-5,9-12H,6-8H2,1-3H3/t9-,10+,11-,12+,17-,18+/m0/s1. The average Bonchev–Trinajstić information content (AvgIpc) is 3.25. The van der Waals surface area contributed by atoms with Gasteiger partial charge in [0.2, 0.25) is 0 Å². The Kier molecular flexibility index (Phi) is 2.33. The van der Waals surface area contributed by atoms with Crippen molar-refractivity contribution in [1.82, 2.24) is 4.90 Å². The Balaban J connectivity index is 1.56. The summed E-state index contributed by atoms with van der Waals surface area (Å²) >= 11 is 0. The second-order valence-corrected chi connectivity index (χ2v) is 8.64. The average molecular weight is 331 g/mol. The number of carbonyl (C=O) groups excluding carboxylic acids is 3. The van der Waals surface area contributed by atoms with Crippen LogP contribution in [0.2, 0.25) is 0 Å². The van der Waals surface area contributed by atoms with Gasteiger partial charge in [0.05, 0.1) is 11.5 Å². The normalized spacial score (nSPS) is 49.5. The fraction of sp³-hybridized carbons (Fsp3) is 0.722. The molecule has 6 atom stereocenters. The lowest BCUT2D eigenvalue weighted by Gasteiger charge is -2.38. The van der Waals surface area contributed by atoms with Gasteiger partial charge < -0.3 is 9.47 Å². The Hall–Kier alpha value is -1.85. The minimum absolute atomic E-state index is 0.153. The van der Waals surface area contributed by atoms with Gasteiger partial charge in [0.25, 0.3) is 5.91 Å². The van der Waals surface area contributed by atoms with Gasteiger partial charge in [0.1, 0.15) is 6.10 Å². The first-order valence-corrected chi connectivity index (χ1v) is 8.69. The molecule has 0 aromatic carbocycles. The van der Waals surface area contributed by atoms with Crippen LogP contribution in [-0.4, -0.2) is 40.6 Å². The van der Waals surface area contributed by atoms with Crippen molar-refractivity contribution in [3.8, 4) is 0 Å². The van der Waals surface area contributed by atoms with Gasteiger partial charge in [-0.3, -0.25) is 9.59 Å². The number of esters is 1. The predicted octanol–water partition coefficient (Wildman–Crippen LogP) is 2.03. The smallest absolute Gasteiger partial charge is 0.417 e. The third-order valence-corrected chi connectivity index (χ3v) is 7.73. The molecule has 2 amide bonds. The number of imide groups is 1. The molecule has 5 aliphatic rings. The monoisotopic (exact) mass is 331 g/mol. The van der Waals surface area contributed by atoms with Gasteiger partial charge >= 0.3 is 12.1 Å². The second-order valence-electron chi connectivity index (χ2n) is 8.64. The maximum atomic E-state index is 13.5. The van der Waals surface area contributed by atoms with E-state index in [2.05, 4.69) is 12.2 Å². The number of rotatable bonds is 1. The van der Waals surface area contributed by atoms with E-state index in [0.717, 1.165) is 6.42 Å². The van der Waals surface area contributed by atoms with Crippen molar-refractivity contribution in [2.24, 2.45) is 22.7 Å². The molecule has 2 aliphatic heterocycles. The van der Waals surface area contributed by atoms with Crippen LogP contribution in [0.4, 0.5) is 4.79 Å². The highest BCUT2D eigenvalue weighted by Crippen LogP contribution is 2.66. The lowest BCUT2D eigenvalue weighted by Crippen LogP contribution is -2.58. The van der Waals surface area contributed by atoms with Crippen LogP contribution in [-0.2, 0) is 19.1 Å². The molecule has 5 rings (SSSR count). The second kappa shape index (κ2) is 3.86. The summed E-state index contributed by atoms with van der Waals surface area (Å²) in [6.45, 7) is 5.67. The topological polar surface area (TPSA) is 72.9 Å². The van der Waals surface area contributed by atoms with E-state index in [1.165, 1.54) is 4.90 Å². The number of hydrogen-bond acceptors (Lipinski definition) is 5. The zero-order valence-corrected chi connectivity index (χ0v) is 14.1. The van der Waals surface area contributed by atoms with E-state index in [1.54, 1.807) is 0 Å². The van der Waals surface area contributed by atoms with Crippen LogP contribution >= 0.6 is 0 Å². The maximum absolute atomic E-state index is 13.5. The zero-order valence-electron chi connectivity index (χ0n) is 14.1. The molecule has 0 aromatic rings. The molecule has 0 radical (unpaired) electrons. The Bertz CT molecular complexity index is 727. The fourth-order valence-corrected chi connectivity index (χ4v) is 5.68. The van der Waals surface area contributed by atoms with Crippen molar-refractivity contribution in [3.05, 3.63) is 12.2 Å². The molecule has 4 fully saturated rings. The molecule has 6 heteroatoms.